The number of nitrogens with zero attached hydrogens (tertiary/aromatic N) is 3. The summed E-state index contributed by atoms with van der Waals surface area (Å²) in [5.74, 6) is 1.25. The van der Waals surface area contributed by atoms with E-state index in [-0.39, 0.29) is 6.04 Å². The van der Waals surface area contributed by atoms with Crippen LogP contribution in [-0.2, 0) is 6.61 Å². The number of nitrogen functional groups attached to an aromatic ring is 1. The van der Waals surface area contributed by atoms with Crippen LogP contribution in [0, 0.1) is 0 Å². The van der Waals surface area contributed by atoms with Gasteiger partial charge in [-0.05, 0) is 23.3 Å². The fourth-order valence-electron chi connectivity index (χ4n) is 3.92. The maximum atomic E-state index is 9.90. The average Bonchev–Trinajstić information content (AvgIpc) is 3.38. The Balaban J connectivity index is 1.46. The monoisotopic (exact) mass is 398 g/mol. The largest absolute Gasteiger partial charge is 0.489 e. The molecule has 1 aliphatic carbocycles. The van der Waals surface area contributed by atoms with Gasteiger partial charge in [-0.1, -0.05) is 54.6 Å². The van der Waals surface area contributed by atoms with Gasteiger partial charge < -0.3 is 20.1 Å². The van der Waals surface area contributed by atoms with Gasteiger partial charge in [-0.15, -0.1) is 0 Å². The number of ether oxygens (including phenoxy) is 1. The van der Waals surface area contributed by atoms with Crippen molar-refractivity contribution >= 4 is 16.9 Å². The molecule has 0 saturated heterocycles. The molecule has 0 bridgehead atoms. The number of fused-ring (bicyclic) bond motifs is 1. The molecule has 2 aromatic carbocycles. The highest BCUT2D eigenvalue weighted by Crippen LogP contribution is 2.37. The lowest BCUT2D eigenvalue weighted by Gasteiger charge is -2.12. The van der Waals surface area contributed by atoms with Gasteiger partial charge in [-0.25, -0.2) is 9.97 Å². The van der Waals surface area contributed by atoms with Crippen LogP contribution in [0.15, 0.2) is 79.3 Å². The van der Waals surface area contributed by atoms with Crippen molar-refractivity contribution in [3.63, 3.8) is 0 Å². The number of hydrogen-bond acceptors (Lipinski definition) is 5. The molecule has 6 heteroatoms. The van der Waals surface area contributed by atoms with Gasteiger partial charge in [0.25, 0.3) is 0 Å². The van der Waals surface area contributed by atoms with E-state index in [0.29, 0.717) is 18.8 Å². The van der Waals surface area contributed by atoms with Crippen molar-refractivity contribution in [1.82, 2.24) is 14.5 Å². The highest BCUT2D eigenvalue weighted by molar-refractivity contribution is 6.00. The summed E-state index contributed by atoms with van der Waals surface area (Å²) < 4.78 is 7.97. The van der Waals surface area contributed by atoms with Crippen LogP contribution >= 0.6 is 0 Å². The second kappa shape index (κ2) is 7.65. The topological polar surface area (TPSA) is 86.2 Å². The quantitative estimate of drug-likeness (QED) is 0.494. The van der Waals surface area contributed by atoms with Gasteiger partial charge in [-0.3, -0.25) is 0 Å². The Hall–Kier alpha value is -3.64. The standard InChI is InChI=1S/C24H22N4O2/c25-23-22-21(13-28(24(22)27-15-26-23)18-8-9-19(29)12-18)17-6-10-20(11-7-17)30-14-16-4-2-1-3-5-16/h1-11,13,15,18-19,29H,12,14H2,(H2,25,26,27). The minimum Gasteiger partial charge on any atom is -0.489 e. The molecule has 0 aliphatic heterocycles. The first-order chi connectivity index (χ1) is 14.7. The minimum absolute atomic E-state index is 0.0408. The number of rotatable bonds is 5. The average molecular weight is 398 g/mol. The summed E-state index contributed by atoms with van der Waals surface area (Å²) in [6.45, 7) is 0.524. The van der Waals surface area contributed by atoms with Crippen molar-refractivity contribution in [3.8, 4) is 16.9 Å². The first-order valence-electron chi connectivity index (χ1n) is 9.93. The Bertz CT molecular complexity index is 1200. The van der Waals surface area contributed by atoms with Crippen LogP contribution < -0.4 is 10.5 Å². The van der Waals surface area contributed by atoms with Gasteiger partial charge in [-0.2, -0.15) is 0 Å². The van der Waals surface area contributed by atoms with Crippen LogP contribution in [0.25, 0.3) is 22.2 Å². The lowest BCUT2D eigenvalue weighted by atomic mass is 10.1. The Morgan fingerprint density at radius 2 is 1.83 bits per heavy atom. The van der Waals surface area contributed by atoms with Gasteiger partial charge in [0.1, 0.15) is 30.1 Å². The number of aliphatic hydroxyl groups excluding tert-OH is 1. The van der Waals surface area contributed by atoms with E-state index in [1.165, 1.54) is 6.33 Å². The van der Waals surface area contributed by atoms with Crippen molar-refractivity contribution in [2.45, 2.75) is 25.2 Å². The van der Waals surface area contributed by atoms with Gasteiger partial charge in [0.15, 0.2) is 0 Å². The van der Waals surface area contributed by atoms with Gasteiger partial charge >= 0.3 is 0 Å². The highest BCUT2D eigenvalue weighted by Gasteiger charge is 2.23. The van der Waals surface area contributed by atoms with Crippen molar-refractivity contribution < 1.29 is 9.84 Å². The van der Waals surface area contributed by atoms with Crippen molar-refractivity contribution in [1.29, 1.82) is 0 Å². The van der Waals surface area contributed by atoms with E-state index in [1.54, 1.807) is 0 Å². The molecular weight excluding hydrogens is 376 g/mol. The maximum Gasteiger partial charge on any atom is 0.146 e. The summed E-state index contributed by atoms with van der Waals surface area (Å²) in [5, 5.41) is 10.7. The van der Waals surface area contributed by atoms with E-state index in [0.717, 1.165) is 33.5 Å². The summed E-state index contributed by atoms with van der Waals surface area (Å²) in [6, 6.07) is 18.1. The molecule has 0 saturated carbocycles. The predicted molar refractivity (Wildman–Crippen MR) is 117 cm³/mol. The molecule has 6 nitrogen and oxygen atoms in total. The van der Waals surface area contributed by atoms with Crippen LogP contribution in [0.5, 0.6) is 5.75 Å². The zero-order valence-corrected chi connectivity index (χ0v) is 16.3. The molecule has 2 atom stereocenters. The Morgan fingerprint density at radius 3 is 2.57 bits per heavy atom. The van der Waals surface area contributed by atoms with E-state index >= 15 is 0 Å². The molecule has 150 valence electrons. The molecule has 30 heavy (non-hydrogen) atoms. The highest BCUT2D eigenvalue weighted by atomic mass is 16.5. The van der Waals surface area contributed by atoms with Crippen LogP contribution in [0.4, 0.5) is 5.82 Å². The summed E-state index contributed by atoms with van der Waals surface area (Å²) in [6.07, 6.45) is 7.54. The molecule has 4 aromatic rings. The molecule has 0 fully saturated rings. The number of hydrogen-bond donors (Lipinski definition) is 2. The normalized spacial score (nSPS) is 18.2. The molecule has 2 unspecified atom stereocenters. The summed E-state index contributed by atoms with van der Waals surface area (Å²) >= 11 is 0. The number of aliphatic hydroxyl groups is 1. The van der Waals surface area contributed by atoms with Gasteiger partial charge in [0.2, 0.25) is 0 Å². The van der Waals surface area contributed by atoms with E-state index in [4.69, 9.17) is 10.5 Å². The minimum atomic E-state index is -0.434. The summed E-state index contributed by atoms with van der Waals surface area (Å²) in [5.41, 5.74) is 10.1. The second-order valence-electron chi connectivity index (χ2n) is 7.46. The lowest BCUT2D eigenvalue weighted by Crippen LogP contribution is -2.08. The molecule has 2 aromatic heterocycles. The third-order valence-corrected chi connectivity index (χ3v) is 5.45. The van der Waals surface area contributed by atoms with Crippen LogP contribution in [0.1, 0.15) is 18.0 Å². The molecule has 0 amide bonds. The molecule has 2 heterocycles. The zero-order chi connectivity index (χ0) is 20.5. The Labute approximate surface area is 174 Å². The van der Waals surface area contributed by atoms with E-state index in [2.05, 4.69) is 14.5 Å². The second-order valence-corrected chi connectivity index (χ2v) is 7.46. The first kappa shape index (κ1) is 18.4. The van der Waals surface area contributed by atoms with Crippen LogP contribution in [0.3, 0.4) is 0 Å². The van der Waals surface area contributed by atoms with Crippen molar-refractivity contribution in [2.24, 2.45) is 0 Å². The fourth-order valence-corrected chi connectivity index (χ4v) is 3.92. The third kappa shape index (κ3) is 3.42. The van der Waals surface area contributed by atoms with E-state index in [1.807, 2.05) is 72.9 Å². The van der Waals surface area contributed by atoms with Gasteiger partial charge in [0, 0.05) is 18.2 Å². The molecule has 3 N–H and O–H groups in total. The number of nitrogens with two attached hydrogens (primary N) is 1. The number of aromatic nitrogens is 3. The van der Waals surface area contributed by atoms with E-state index in [9.17, 15) is 5.11 Å². The smallest absolute Gasteiger partial charge is 0.146 e. The third-order valence-electron chi connectivity index (χ3n) is 5.45. The molecule has 5 rings (SSSR count). The lowest BCUT2D eigenvalue weighted by molar-refractivity contribution is 0.211. The first-order valence-corrected chi connectivity index (χ1v) is 9.93. The van der Waals surface area contributed by atoms with Crippen molar-refractivity contribution in [2.75, 3.05) is 5.73 Å². The predicted octanol–water partition coefficient (Wildman–Crippen LogP) is 4.12. The van der Waals surface area contributed by atoms with E-state index < -0.39 is 6.10 Å². The zero-order valence-electron chi connectivity index (χ0n) is 16.3. The SMILES string of the molecule is Nc1ncnc2c1c(-c1ccc(OCc3ccccc3)cc1)cn2C1C=CC(O)C1. The molecule has 0 spiro atoms. The Morgan fingerprint density at radius 1 is 1.03 bits per heavy atom. The summed E-state index contributed by atoms with van der Waals surface area (Å²) in [7, 11) is 0. The number of allylic oxidation sites excluding steroid dienone is 1. The number of benzene rings is 2. The maximum absolute atomic E-state index is 9.90. The molecular formula is C24H22N4O2. The van der Waals surface area contributed by atoms with Crippen molar-refractivity contribution in [3.05, 3.63) is 84.8 Å². The Kier molecular flexibility index (Phi) is 4.69. The van der Waals surface area contributed by atoms with Crippen LogP contribution in [-0.4, -0.2) is 25.7 Å². The van der Waals surface area contributed by atoms with Crippen LogP contribution in [0.2, 0.25) is 0 Å². The fraction of sp³-hybridized carbons (Fsp3) is 0.167. The van der Waals surface area contributed by atoms with Gasteiger partial charge in [0.05, 0.1) is 17.5 Å². The summed E-state index contributed by atoms with van der Waals surface area (Å²) in [4.78, 5) is 8.66. The molecule has 0 radical (unpaired) electrons. The molecule has 1 aliphatic rings. The number of anilines is 1.